The number of hydrogen-bond donors (Lipinski definition) is 2. The zero-order valence-corrected chi connectivity index (χ0v) is 11.2. The molecule has 0 fully saturated rings. The molecule has 3 rings (SSSR count). The molecule has 0 saturated heterocycles. The highest BCUT2D eigenvalue weighted by molar-refractivity contribution is 7.13. The first-order chi connectivity index (χ1) is 9.42. The molecule has 94 valence electrons. The van der Waals surface area contributed by atoms with E-state index in [2.05, 4.69) is 46.6 Å². The molecule has 3 heteroatoms. The van der Waals surface area contributed by atoms with Crippen LogP contribution < -0.4 is 10.9 Å². The molecular weight excluding hydrogens is 252 g/mol. The minimum Gasteiger partial charge on any atom is -0.301 e. The first-order valence-electron chi connectivity index (χ1n) is 6.13. The number of benzene rings is 2. The van der Waals surface area contributed by atoms with Crippen molar-refractivity contribution in [2.75, 3.05) is 10.9 Å². The maximum absolute atomic E-state index is 3.22. The van der Waals surface area contributed by atoms with Gasteiger partial charge in [-0.05, 0) is 41.3 Å². The second kappa shape index (κ2) is 5.59. The number of rotatable bonds is 4. The van der Waals surface area contributed by atoms with Crippen LogP contribution in [0.1, 0.15) is 0 Å². The largest absolute Gasteiger partial charge is 0.301 e. The zero-order chi connectivity index (χ0) is 12.9. The van der Waals surface area contributed by atoms with Gasteiger partial charge >= 0.3 is 0 Å². The molecule has 19 heavy (non-hydrogen) atoms. The Labute approximate surface area is 116 Å². The molecule has 0 aliphatic carbocycles. The van der Waals surface area contributed by atoms with Crippen molar-refractivity contribution in [3.63, 3.8) is 0 Å². The molecule has 2 aromatic carbocycles. The van der Waals surface area contributed by atoms with E-state index < -0.39 is 0 Å². The van der Waals surface area contributed by atoms with Crippen molar-refractivity contribution in [2.45, 2.75) is 0 Å². The molecule has 0 bridgehead atoms. The number of nitrogens with one attached hydrogen (secondary N) is 2. The standard InChI is InChI=1S/C16H14N2S/c1-2-7-14(8-3-1)17-18-15-9-4-6-13(12-15)16-10-5-11-19-16/h1-12,17-18H. The maximum atomic E-state index is 3.22. The van der Waals surface area contributed by atoms with E-state index in [0.717, 1.165) is 11.4 Å². The molecule has 0 saturated carbocycles. The number of para-hydroxylation sites is 1. The molecule has 0 aliphatic rings. The Morgan fingerprint density at radius 2 is 1.47 bits per heavy atom. The van der Waals surface area contributed by atoms with Gasteiger partial charge in [-0.15, -0.1) is 11.3 Å². The number of hydrogen-bond acceptors (Lipinski definition) is 3. The smallest absolute Gasteiger partial charge is 0.0546 e. The van der Waals surface area contributed by atoms with Crippen molar-refractivity contribution in [3.8, 4) is 10.4 Å². The quantitative estimate of drug-likeness (QED) is 0.659. The van der Waals surface area contributed by atoms with Gasteiger partial charge in [0.15, 0.2) is 0 Å². The van der Waals surface area contributed by atoms with Gasteiger partial charge in [0.25, 0.3) is 0 Å². The van der Waals surface area contributed by atoms with E-state index in [1.807, 2.05) is 36.4 Å². The van der Waals surface area contributed by atoms with E-state index in [0.29, 0.717) is 0 Å². The van der Waals surface area contributed by atoms with E-state index >= 15 is 0 Å². The van der Waals surface area contributed by atoms with Crippen molar-refractivity contribution in [2.24, 2.45) is 0 Å². The molecule has 0 amide bonds. The molecule has 3 aromatic rings. The molecular formula is C16H14N2S. The van der Waals surface area contributed by atoms with Gasteiger partial charge in [-0.25, -0.2) is 0 Å². The Morgan fingerprint density at radius 3 is 2.26 bits per heavy atom. The first-order valence-corrected chi connectivity index (χ1v) is 7.01. The van der Waals surface area contributed by atoms with Crippen molar-refractivity contribution >= 4 is 22.7 Å². The third-order valence-corrected chi connectivity index (χ3v) is 3.71. The van der Waals surface area contributed by atoms with Crippen LogP contribution in [0.2, 0.25) is 0 Å². The molecule has 0 atom stereocenters. The van der Waals surface area contributed by atoms with Crippen LogP contribution in [0.3, 0.4) is 0 Å². The summed E-state index contributed by atoms with van der Waals surface area (Å²) in [6.07, 6.45) is 0. The molecule has 2 N–H and O–H groups in total. The Balaban J connectivity index is 1.74. The predicted octanol–water partition coefficient (Wildman–Crippen LogP) is 4.85. The van der Waals surface area contributed by atoms with Crippen LogP contribution in [0, 0.1) is 0 Å². The Kier molecular flexibility index (Phi) is 3.47. The summed E-state index contributed by atoms with van der Waals surface area (Å²) in [5.74, 6) is 0. The summed E-state index contributed by atoms with van der Waals surface area (Å²) in [4.78, 5) is 1.28. The van der Waals surface area contributed by atoms with E-state index in [1.54, 1.807) is 11.3 Å². The Bertz CT molecular complexity index is 633. The van der Waals surface area contributed by atoms with Crippen molar-refractivity contribution in [1.29, 1.82) is 0 Å². The number of anilines is 2. The topological polar surface area (TPSA) is 24.1 Å². The van der Waals surface area contributed by atoms with Gasteiger partial charge in [0.05, 0.1) is 11.4 Å². The fourth-order valence-electron chi connectivity index (χ4n) is 1.86. The molecule has 0 unspecified atom stereocenters. The minimum atomic E-state index is 1.05. The lowest BCUT2D eigenvalue weighted by Gasteiger charge is -2.10. The third kappa shape index (κ3) is 2.95. The van der Waals surface area contributed by atoms with E-state index in [9.17, 15) is 0 Å². The lowest BCUT2D eigenvalue weighted by Crippen LogP contribution is -2.08. The van der Waals surface area contributed by atoms with Crippen LogP contribution in [-0.2, 0) is 0 Å². The summed E-state index contributed by atoms with van der Waals surface area (Å²) in [7, 11) is 0. The highest BCUT2D eigenvalue weighted by Gasteiger charge is 1.99. The third-order valence-electron chi connectivity index (χ3n) is 2.79. The van der Waals surface area contributed by atoms with Crippen LogP contribution in [0.4, 0.5) is 11.4 Å². The summed E-state index contributed by atoms with van der Waals surface area (Å²) in [6.45, 7) is 0. The van der Waals surface area contributed by atoms with Gasteiger partial charge in [-0.2, -0.15) is 0 Å². The molecule has 1 aromatic heterocycles. The van der Waals surface area contributed by atoms with Crippen LogP contribution in [0.15, 0.2) is 72.1 Å². The summed E-state index contributed by atoms with van der Waals surface area (Å²) < 4.78 is 0. The van der Waals surface area contributed by atoms with E-state index in [1.165, 1.54) is 10.4 Å². The predicted molar refractivity (Wildman–Crippen MR) is 83.4 cm³/mol. The monoisotopic (exact) mass is 266 g/mol. The van der Waals surface area contributed by atoms with Crippen LogP contribution >= 0.6 is 11.3 Å². The van der Waals surface area contributed by atoms with Gasteiger partial charge in [-0.3, -0.25) is 0 Å². The summed E-state index contributed by atoms with van der Waals surface area (Å²) >= 11 is 1.75. The minimum absolute atomic E-state index is 1.05. The van der Waals surface area contributed by atoms with Gasteiger partial charge < -0.3 is 10.9 Å². The van der Waals surface area contributed by atoms with Gasteiger partial charge in [0, 0.05) is 4.88 Å². The highest BCUT2D eigenvalue weighted by atomic mass is 32.1. The Hall–Kier alpha value is -2.26. The number of thiophene rings is 1. The van der Waals surface area contributed by atoms with Crippen LogP contribution in [-0.4, -0.2) is 0 Å². The van der Waals surface area contributed by atoms with Gasteiger partial charge in [0.2, 0.25) is 0 Å². The fraction of sp³-hybridized carbons (Fsp3) is 0. The normalized spacial score (nSPS) is 10.1. The SMILES string of the molecule is c1ccc(NNc2cccc(-c3cccs3)c2)cc1. The molecule has 2 nitrogen and oxygen atoms in total. The van der Waals surface area contributed by atoms with Crippen molar-refractivity contribution in [3.05, 3.63) is 72.1 Å². The van der Waals surface area contributed by atoms with Gasteiger partial charge in [0.1, 0.15) is 0 Å². The summed E-state index contributed by atoms with van der Waals surface area (Å²) in [5.41, 5.74) is 9.73. The molecule has 0 radical (unpaired) electrons. The number of hydrazine groups is 1. The van der Waals surface area contributed by atoms with Crippen molar-refractivity contribution in [1.82, 2.24) is 0 Å². The second-order valence-electron chi connectivity index (χ2n) is 4.17. The molecule has 0 spiro atoms. The van der Waals surface area contributed by atoms with Gasteiger partial charge in [-0.1, -0.05) is 36.4 Å². The molecule has 1 heterocycles. The fourth-order valence-corrected chi connectivity index (χ4v) is 2.58. The highest BCUT2D eigenvalue weighted by Crippen LogP contribution is 2.26. The van der Waals surface area contributed by atoms with E-state index in [4.69, 9.17) is 0 Å². The summed E-state index contributed by atoms with van der Waals surface area (Å²) in [6, 6.07) is 22.6. The average molecular weight is 266 g/mol. The second-order valence-corrected chi connectivity index (χ2v) is 5.12. The van der Waals surface area contributed by atoms with Crippen LogP contribution in [0.5, 0.6) is 0 Å². The van der Waals surface area contributed by atoms with E-state index in [-0.39, 0.29) is 0 Å². The molecule has 0 aliphatic heterocycles. The maximum Gasteiger partial charge on any atom is 0.0546 e. The lowest BCUT2D eigenvalue weighted by molar-refractivity contribution is 1.41. The van der Waals surface area contributed by atoms with Crippen molar-refractivity contribution < 1.29 is 0 Å². The average Bonchev–Trinajstić information content (AvgIpc) is 3.01. The lowest BCUT2D eigenvalue weighted by atomic mass is 10.2. The van der Waals surface area contributed by atoms with Crippen LogP contribution in [0.25, 0.3) is 10.4 Å². The first kappa shape index (κ1) is 11.8. The summed E-state index contributed by atoms with van der Waals surface area (Å²) in [5, 5.41) is 2.09. The Morgan fingerprint density at radius 1 is 0.684 bits per heavy atom. The zero-order valence-electron chi connectivity index (χ0n) is 10.3.